The van der Waals surface area contributed by atoms with E-state index in [1.165, 1.54) is 23.1 Å². The zero-order chi connectivity index (χ0) is 31.6. The van der Waals surface area contributed by atoms with Crippen LogP contribution in [0.2, 0.25) is 0 Å². The standard InChI is InChI=1S/C34H41F4N3O2S/c1-21(2)32(33(42)43)40(3)28-17-25(29(18-28)24-5-4-6-27(35)16-24)20-41-13-11-23(12-14-41)30-19-39-31(44-30)15-22-7-9-26(10-8-22)34(36,37)38/h4-10,16,19,21,23,25,28-29,32H,11-15,17-18,20H2,1-3H3,(H,42,43)/t25?,28?,29?,32-/m1/s1. The number of hydrogen-bond donors (Lipinski definition) is 1. The van der Waals surface area contributed by atoms with E-state index in [0.717, 1.165) is 73.6 Å². The molecule has 3 aromatic rings. The van der Waals surface area contributed by atoms with Gasteiger partial charge in [0.25, 0.3) is 0 Å². The van der Waals surface area contributed by atoms with Crippen LogP contribution in [0, 0.1) is 17.7 Å². The second-order valence-electron chi connectivity index (χ2n) is 12.8. The maximum absolute atomic E-state index is 14.2. The smallest absolute Gasteiger partial charge is 0.416 e. The molecule has 10 heteroatoms. The van der Waals surface area contributed by atoms with Crippen molar-refractivity contribution in [3.05, 3.63) is 87.1 Å². The second-order valence-corrected chi connectivity index (χ2v) is 14.0. The summed E-state index contributed by atoms with van der Waals surface area (Å²) in [5.41, 5.74) is 1.16. The fourth-order valence-electron chi connectivity index (χ4n) is 7.24. The minimum absolute atomic E-state index is 0.0228. The summed E-state index contributed by atoms with van der Waals surface area (Å²) in [6.45, 7) is 6.65. The Balaban J connectivity index is 1.20. The normalized spacial score (nSPS) is 22.6. The molecule has 1 aliphatic carbocycles. The maximum atomic E-state index is 14.2. The quantitative estimate of drug-likeness (QED) is 0.233. The van der Waals surface area contributed by atoms with Crippen LogP contribution < -0.4 is 0 Å². The molecule has 3 unspecified atom stereocenters. The molecule has 1 N–H and O–H groups in total. The molecular weight excluding hydrogens is 590 g/mol. The molecule has 1 saturated heterocycles. The molecule has 1 saturated carbocycles. The maximum Gasteiger partial charge on any atom is 0.416 e. The zero-order valence-corrected chi connectivity index (χ0v) is 26.3. The van der Waals surface area contributed by atoms with Gasteiger partial charge in [0, 0.05) is 30.1 Å². The van der Waals surface area contributed by atoms with E-state index < -0.39 is 23.8 Å². The monoisotopic (exact) mass is 631 g/mol. The number of halogens is 4. The highest BCUT2D eigenvalue weighted by Gasteiger charge is 2.42. The Morgan fingerprint density at radius 2 is 1.82 bits per heavy atom. The summed E-state index contributed by atoms with van der Waals surface area (Å²) in [5.74, 6) is -0.222. The number of carboxylic acid groups (broad SMARTS) is 1. The van der Waals surface area contributed by atoms with Gasteiger partial charge in [-0.2, -0.15) is 13.2 Å². The van der Waals surface area contributed by atoms with Gasteiger partial charge >= 0.3 is 12.1 Å². The molecule has 44 heavy (non-hydrogen) atoms. The lowest BCUT2D eigenvalue weighted by Gasteiger charge is -2.35. The fourth-order valence-corrected chi connectivity index (χ4v) is 8.37. The van der Waals surface area contributed by atoms with Crippen molar-refractivity contribution in [2.24, 2.45) is 11.8 Å². The van der Waals surface area contributed by atoms with E-state index in [0.29, 0.717) is 18.3 Å². The van der Waals surface area contributed by atoms with Crippen LogP contribution in [0.1, 0.15) is 77.9 Å². The minimum Gasteiger partial charge on any atom is -0.480 e. The molecule has 5 nitrogen and oxygen atoms in total. The molecule has 1 aromatic heterocycles. The number of benzene rings is 2. The molecule has 0 bridgehead atoms. The number of nitrogens with zero attached hydrogens (tertiary/aromatic N) is 3. The van der Waals surface area contributed by atoms with Gasteiger partial charge in [-0.05, 0) is 105 Å². The first-order valence-electron chi connectivity index (χ1n) is 15.4. The van der Waals surface area contributed by atoms with Gasteiger partial charge in [0.1, 0.15) is 11.9 Å². The lowest BCUT2D eigenvalue weighted by molar-refractivity contribution is -0.145. The number of rotatable bonds is 10. The van der Waals surface area contributed by atoms with E-state index in [-0.39, 0.29) is 23.7 Å². The molecule has 5 rings (SSSR count). The van der Waals surface area contributed by atoms with Crippen LogP contribution in [-0.2, 0) is 17.4 Å². The average molecular weight is 632 g/mol. The van der Waals surface area contributed by atoms with Crippen molar-refractivity contribution in [1.29, 1.82) is 0 Å². The summed E-state index contributed by atoms with van der Waals surface area (Å²) in [7, 11) is 1.92. The number of thiazole rings is 1. The minimum atomic E-state index is -4.34. The highest BCUT2D eigenvalue weighted by Crippen LogP contribution is 2.44. The first-order valence-corrected chi connectivity index (χ1v) is 16.2. The number of likely N-dealkylation sites (N-methyl/N-ethyl adjacent to an activating group) is 1. The van der Waals surface area contributed by atoms with Gasteiger partial charge in [-0.15, -0.1) is 11.3 Å². The van der Waals surface area contributed by atoms with E-state index in [1.807, 2.05) is 38.1 Å². The number of hydrogen-bond acceptors (Lipinski definition) is 5. The largest absolute Gasteiger partial charge is 0.480 e. The Kier molecular flexibility index (Phi) is 10.1. The number of alkyl halides is 3. The Labute approximate surface area is 260 Å². The third-order valence-electron chi connectivity index (χ3n) is 9.54. The van der Waals surface area contributed by atoms with Gasteiger partial charge < -0.3 is 10.0 Å². The van der Waals surface area contributed by atoms with E-state index >= 15 is 0 Å². The molecule has 2 aromatic carbocycles. The summed E-state index contributed by atoms with van der Waals surface area (Å²) in [6.07, 6.45) is 1.77. The number of carboxylic acids is 1. The summed E-state index contributed by atoms with van der Waals surface area (Å²) >= 11 is 1.65. The molecule has 2 heterocycles. The molecule has 0 amide bonds. The van der Waals surface area contributed by atoms with Gasteiger partial charge in [-0.1, -0.05) is 38.1 Å². The van der Waals surface area contributed by atoms with Crippen LogP contribution in [0.5, 0.6) is 0 Å². The van der Waals surface area contributed by atoms with Crippen molar-refractivity contribution in [2.45, 2.75) is 76.0 Å². The SMILES string of the molecule is CC(C)[C@H](C(=O)O)N(C)C1CC(CN2CCC(c3cnc(Cc4ccc(C(F)(F)F)cc4)s3)CC2)C(c2cccc(F)c2)C1. The van der Waals surface area contributed by atoms with Crippen molar-refractivity contribution in [2.75, 3.05) is 26.7 Å². The molecule has 1 aliphatic heterocycles. The van der Waals surface area contributed by atoms with Gasteiger partial charge in [0.05, 0.1) is 10.6 Å². The predicted molar refractivity (Wildman–Crippen MR) is 164 cm³/mol. The lowest BCUT2D eigenvalue weighted by atomic mass is 9.87. The first kappa shape index (κ1) is 32.6. The van der Waals surface area contributed by atoms with Gasteiger partial charge in [0.15, 0.2) is 0 Å². The van der Waals surface area contributed by atoms with Crippen LogP contribution in [0.15, 0.2) is 54.7 Å². The van der Waals surface area contributed by atoms with Crippen molar-refractivity contribution in [3.63, 3.8) is 0 Å². The highest BCUT2D eigenvalue weighted by atomic mass is 32.1. The Morgan fingerprint density at radius 3 is 2.43 bits per heavy atom. The van der Waals surface area contributed by atoms with Gasteiger partial charge in [-0.3, -0.25) is 9.69 Å². The van der Waals surface area contributed by atoms with Crippen molar-refractivity contribution >= 4 is 17.3 Å². The van der Waals surface area contributed by atoms with Crippen LogP contribution >= 0.6 is 11.3 Å². The Hall–Kier alpha value is -2.82. The molecule has 238 valence electrons. The number of likely N-dealkylation sites (tertiary alicyclic amines) is 1. The van der Waals surface area contributed by atoms with E-state index in [9.17, 15) is 27.5 Å². The molecule has 0 spiro atoms. The van der Waals surface area contributed by atoms with Crippen LogP contribution in [-0.4, -0.2) is 64.6 Å². The van der Waals surface area contributed by atoms with E-state index in [1.54, 1.807) is 23.5 Å². The lowest BCUT2D eigenvalue weighted by Crippen LogP contribution is -2.47. The van der Waals surface area contributed by atoms with Gasteiger partial charge in [-0.25, -0.2) is 9.37 Å². The fraction of sp³-hybridized carbons (Fsp3) is 0.529. The Morgan fingerprint density at radius 1 is 1.11 bits per heavy atom. The number of carbonyl (C=O) groups is 1. The van der Waals surface area contributed by atoms with Crippen LogP contribution in [0.3, 0.4) is 0 Å². The molecule has 2 fully saturated rings. The first-order chi connectivity index (χ1) is 20.9. The van der Waals surface area contributed by atoms with E-state index in [2.05, 4.69) is 9.88 Å². The van der Waals surface area contributed by atoms with E-state index in [4.69, 9.17) is 0 Å². The number of piperidine rings is 1. The van der Waals surface area contributed by atoms with Crippen LogP contribution in [0.25, 0.3) is 0 Å². The Bertz CT molecular complexity index is 1400. The molecule has 4 atom stereocenters. The van der Waals surface area contributed by atoms with Crippen molar-refractivity contribution in [1.82, 2.24) is 14.8 Å². The van der Waals surface area contributed by atoms with Crippen molar-refractivity contribution in [3.8, 4) is 0 Å². The summed E-state index contributed by atoms with van der Waals surface area (Å²) < 4.78 is 52.9. The highest BCUT2D eigenvalue weighted by molar-refractivity contribution is 7.11. The number of aliphatic carboxylic acids is 1. The summed E-state index contributed by atoms with van der Waals surface area (Å²) in [6, 6.07) is 11.7. The average Bonchev–Trinajstić information content (AvgIpc) is 3.60. The van der Waals surface area contributed by atoms with Crippen molar-refractivity contribution < 1.29 is 27.5 Å². The molecule has 2 aliphatic rings. The predicted octanol–water partition coefficient (Wildman–Crippen LogP) is 7.67. The summed E-state index contributed by atoms with van der Waals surface area (Å²) in [5, 5.41) is 10.8. The second kappa shape index (κ2) is 13.7. The molecule has 0 radical (unpaired) electrons. The topological polar surface area (TPSA) is 56.7 Å². The molecular formula is C34H41F4N3O2S. The van der Waals surface area contributed by atoms with Crippen LogP contribution in [0.4, 0.5) is 17.6 Å². The zero-order valence-electron chi connectivity index (χ0n) is 25.4. The summed E-state index contributed by atoms with van der Waals surface area (Å²) in [4.78, 5) is 22.4. The number of aromatic nitrogens is 1. The van der Waals surface area contributed by atoms with Gasteiger partial charge in [0.2, 0.25) is 0 Å². The third kappa shape index (κ3) is 7.69. The third-order valence-corrected chi connectivity index (χ3v) is 10.7.